The molecule has 0 N–H and O–H groups in total. The summed E-state index contributed by atoms with van der Waals surface area (Å²) in [6.07, 6.45) is 6.67. The predicted octanol–water partition coefficient (Wildman–Crippen LogP) is 3.25. The van der Waals surface area contributed by atoms with Crippen LogP contribution in [-0.2, 0) is 9.59 Å². The number of methoxy groups -OCH3 is 1. The van der Waals surface area contributed by atoms with Gasteiger partial charge in [-0.15, -0.1) is 0 Å². The summed E-state index contributed by atoms with van der Waals surface area (Å²) in [5, 5.41) is 16.3. The van der Waals surface area contributed by atoms with E-state index in [2.05, 4.69) is 17.3 Å². The lowest BCUT2D eigenvalue weighted by Gasteiger charge is -2.37. The summed E-state index contributed by atoms with van der Waals surface area (Å²) in [6, 6.07) is 7.47. The van der Waals surface area contributed by atoms with E-state index in [1.165, 1.54) is 31.5 Å². The van der Waals surface area contributed by atoms with Gasteiger partial charge in [0.25, 0.3) is 17.5 Å². The van der Waals surface area contributed by atoms with Crippen LogP contribution in [-0.4, -0.2) is 35.1 Å². The minimum atomic E-state index is -0.496. The Labute approximate surface area is 182 Å². The number of hydrogen-bond acceptors (Lipinski definition) is 7. The third-order valence-electron chi connectivity index (χ3n) is 7.23. The monoisotopic (exact) mass is 433 g/mol. The van der Waals surface area contributed by atoms with E-state index in [0.717, 1.165) is 11.4 Å². The Hall–Kier alpha value is -3.75. The molecule has 2 heterocycles. The highest BCUT2D eigenvalue weighted by atomic mass is 16.6. The lowest BCUT2D eigenvalue weighted by atomic mass is 9.63. The van der Waals surface area contributed by atoms with Crippen LogP contribution in [0.25, 0.3) is 11.3 Å². The number of allylic oxidation sites excluding steroid dienone is 2. The smallest absolute Gasteiger partial charge is 0.270 e. The molecule has 6 atom stereocenters. The molecule has 5 aliphatic rings. The van der Waals surface area contributed by atoms with E-state index in [0.29, 0.717) is 34.7 Å². The van der Waals surface area contributed by atoms with Crippen LogP contribution in [0.5, 0.6) is 5.75 Å². The zero-order valence-corrected chi connectivity index (χ0v) is 17.1. The molecule has 1 saturated heterocycles. The summed E-state index contributed by atoms with van der Waals surface area (Å²) in [5.74, 6) is 1.33. The molecule has 1 aromatic heterocycles. The van der Waals surface area contributed by atoms with Crippen LogP contribution in [0.4, 0.5) is 5.69 Å². The van der Waals surface area contributed by atoms with Gasteiger partial charge in [0.2, 0.25) is 0 Å². The second kappa shape index (κ2) is 6.62. The highest BCUT2D eigenvalue weighted by molar-refractivity contribution is 6.06. The van der Waals surface area contributed by atoms with Crippen molar-refractivity contribution in [2.24, 2.45) is 40.6 Å². The maximum atomic E-state index is 13.0. The number of hydrazone groups is 1. The Morgan fingerprint density at radius 1 is 1.12 bits per heavy atom. The predicted molar refractivity (Wildman–Crippen MR) is 111 cm³/mol. The molecular formula is C23H19N3O6. The van der Waals surface area contributed by atoms with E-state index in [1.54, 1.807) is 12.1 Å². The zero-order chi connectivity index (χ0) is 22.1. The van der Waals surface area contributed by atoms with Gasteiger partial charge in [0.1, 0.15) is 17.3 Å². The fourth-order valence-corrected chi connectivity index (χ4v) is 5.74. The maximum absolute atomic E-state index is 13.0. The first-order valence-corrected chi connectivity index (χ1v) is 10.5. The van der Waals surface area contributed by atoms with Gasteiger partial charge in [0.15, 0.2) is 0 Å². The molecule has 2 aromatic rings. The Morgan fingerprint density at radius 3 is 2.44 bits per heavy atom. The minimum absolute atomic E-state index is 0.0930. The van der Waals surface area contributed by atoms with Gasteiger partial charge in [-0.3, -0.25) is 19.7 Å². The molecule has 0 unspecified atom stereocenters. The minimum Gasteiger partial charge on any atom is -0.496 e. The average Bonchev–Trinajstić information content (AvgIpc) is 3.44. The van der Waals surface area contributed by atoms with Gasteiger partial charge in [-0.05, 0) is 48.3 Å². The van der Waals surface area contributed by atoms with Crippen LogP contribution in [0.2, 0.25) is 0 Å². The molecule has 162 valence electrons. The van der Waals surface area contributed by atoms with Gasteiger partial charge in [-0.25, -0.2) is 0 Å². The lowest BCUT2D eigenvalue weighted by molar-refractivity contribution is -0.384. The van der Waals surface area contributed by atoms with E-state index in [9.17, 15) is 19.7 Å². The molecule has 2 bridgehead atoms. The van der Waals surface area contributed by atoms with Crippen molar-refractivity contribution in [1.82, 2.24) is 5.01 Å². The van der Waals surface area contributed by atoms with Gasteiger partial charge in [-0.2, -0.15) is 10.1 Å². The highest BCUT2D eigenvalue weighted by Gasteiger charge is 2.67. The van der Waals surface area contributed by atoms with Crippen LogP contribution in [0.15, 0.2) is 52.0 Å². The number of furan rings is 1. The number of non-ortho nitro benzene ring substituents is 1. The number of nitrogens with zero attached hydrogens (tertiary/aromatic N) is 3. The van der Waals surface area contributed by atoms with Crippen LogP contribution in [0.3, 0.4) is 0 Å². The van der Waals surface area contributed by atoms with E-state index in [-0.39, 0.29) is 41.2 Å². The second-order valence-electron chi connectivity index (χ2n) is 8.73. The van der Waals surface area contributed by atoms with Crippen LogP contribution in [0, 0.1) is 45.6 Å². The summed E-state index contributed by atoms with van der Waals surface area (Å²) < 4.78 is 11.0. The fraction of sp³-hybridized carbons (Fsp3) is 0.348. The first-order chi connectivity index (χ1) is 15.5. The number of carbonyl (C=O) groups excluding carboxylic acids is 2. The molecule has 3 fully saturated rings. The number of benzene rings is 1. The maximum Gasteiger partial charge on any atom is 0.270 e. The Morgan fingerprint density at radius 2 is 1.81 bits per heavy atom. The number of nitro groups is 1. The quantitative estimate of drug-likeness (QED) is 0.235. The van der Waals surface area contributed by atoms with Gasteiger partial charge < -0.3 is 9.15 Å². The van der Waals surface area contributed by atoms with Crippen molar-refractivity contribution >= 4 is 23.7 Å². The van der Waals surface area contributed by atoms with Crippen LogP contribution < -0.4 is 4.74 Å². The third kappa shape index (κ3) is 2.60. The van der Waals surface area contributed by atoms with Crippen LogP contribution >= 0.6 is 0 Å². The first kappa shape index (κ1) is 19.0. The van der Waals surface area contributed by atoms with Gasteiger partial charge in [0.05, 0.1) is 35.6 Å². The van der Waals surface area contributed by atoms with Gasteiger partial charge in [0, 0.05) is 12.1 Å². The first-order valence-electron chi connectivity index (χ1n) is 10.5. The summed E-state index contributed by atoms with van der Waals surface area (Å²) in [5.41, 5.74) is 0.326. The zero-order valence-electron chi connectivity index (χ0n) is 17.1. The highest BCUT2D eigenvalue weighted by Crippen LogP contribution is 2.65. The Kier molecular flexibility index (Phi) is 3.93. The SMILES string of the molecule is COc1ccc([N+](=O)[O-])cc1-c1ccc(/C=N\N2C(=O)[C@H]3[C@@H]4C=C[C@H]([C@H]5C[C@H]45)[C@@H]3C2=O)o1. The van der Waals surface area contributed by atoms with E-state index < -0.39 is 4.92 Å². The molecule has 0 spiro atoms. The molecule has 1 aromatic carbocycles. The number of rotatable bonds is 5. The molecule has 2 amide bonds. The molecular weight excluding hydrogens is 414 g/mol. The molecule has 9 heteroatoms. The van der Waals surface area contributed by atoms with Crippen LogP contribution in [0.1, 0.15) is 12.2 Å². The largest absolute Gasteiger partial charge is 0.496 e. The van der Waals surface area contributed by atoms with E-state index in [4.69, 9.17) is 9.15 Å². The van der Waals surface area contributed by atoms with Crippen molar-refractivity contribution in [1.29, 1.82) is 0 Å². The number of imide groups is 1. The molecule has 0 radical (unpaired) electrons. The second-order valence-corrected chi connectivity index (χ2v) is 8.73. The third-order valence-corrected chi connectivity index (χ3v) is 7.23. The van der Waals surface area contributed by atoms with E-state index in [1.807, 2.05) is 0 Å². The van der Waals surface area contributed by atoms with Crippen molar-refractivity contribution in [3.05, 3.63) is 58.4 Å². The van der Waals surface area contributed by atoms with Gasteiger partial charge >= 0.3 is 0 Å². The topological polar surface area (TPSA) is 115 Å². The average molecular weight is 433 g/mol. The normalized spacial score (nSPS) is 31.8. The molecule has 32 heavy (non-hydrogen) atoms. The number of nitro benzene ring substituents is 1. The Balaban J connectivity index is 1.26. The number of carbonyl (C=O) groups is 2. The fourth-order valence-electron chi connectivity index (χ4n) is 5.74. The van der Waals surface area contributed by atoms with Crippen molar-refractivity contribution in [3.8, 4) is 17.1 Å². The number of hydrogen-bond donors (Lipinski definition) is 0. The summed E-state index contributed by atoms with van der Waals surface area (Å²) in [4.78, 5) is 36.6. The summed E-state index contributed by atoms with van der Waals surface area (Å²) >= 11 is 0. The molecule has 4 aliphatic carbocycles. The Bertz CT molecular complexity index is 1190. The molecule has 2 saturated carbocycles. The summed E-state index contributed by atoms with van der Waals surface area (Å²) in [7, 11) is 1.46. The van der Waals surface area contributed by atoms with E-state index >= 15 is 0 Å². The lowest BCUT2D eigenvalue weighted by Crippen LogP contribution is -2.40. The van der Waals surface area contributed by atoms with Crippen molar-refractivity contribution in [3.63, 3.8) is 0 Å². The molecule has 9 nitrogen and oxygen atoms in total. The number of amides is 2. The molecule has 1 aliphatic heterocycles. The van der Waals surface area contributed by atoms with Gasteiger partial charge in [-0.1, -0.05) is 12.2 Å². The molecule has 7 rings (SSSR count). The van der Waals surface area contributed by atoms with Crippen molar-refractivity contribution < 1.29 is 23.7 Å². The standard InChI is InChI=1S/C23H19N3O6/c1-31-18-6-2-11(26(29)30)8-17(18)19-7-3-12(32-19)10-24-25-22(27)20-13-4-5-14(16-9-15(13)16)21(20)23(25)28/h2-8,10,13-16,20-21H,9H2,1H3/b24-10-/t13-,14-,15-,16-,20+,21+/m1/s1. The number of ether oxygens (including phenoxy) is 1. The van der Waals surface area contributed by atoms with Crippen molar-refractivity contribution in [2.75, 3.05) is 7.11 Å². The summed E-state index contributed by atoms with van der Waals surface area (Å²) in [6.45, 7) is 0. The van der Waals surface area contributed by atoms with Crippen molar-refractivity contribution in [2.45, 2.75) is 6.42 Å².